The molecule has 0 bridgehead atoms. The smallest absolute Gasteiger partial charge is 0.256 e. The lowest BCUT2D eigenvalue weighted by atomic mass is 10.1. The average molecular weight is 375 g/mol. The first kappa shape index (κ1) is 19.9. The second-order valence-corrected chi connectivity index (χ2v) is 8.96. The van der Waals surface area contributed by atoms with Crippen LogP contribution in [-0.4, -0.2) is 19.9 Å². The molecule has 0 aliphatic heterocycles. The third-order valence-electron chi connectivity index (χ3n) is 3.77. The van der Waals surface area contributed by atoms with Crippen LogP contribution in [0.25, 0.3) is 0 Å². The van der Waals surface area contributed by atoms with E-state index in [1.54, 1.807) is 58.0 Å². The molecule has 26 heavy (non-hydrogen) atoms. The fourth-order valence-corrected chi connectivity index (χ4v) is 4.26. The Bertz CT molecular complexity index is 945. The van der Waals surface area contributed by atoms with Gasteiger partial charge in [-0.05, 0) is 70.0 Å². The number of benzene rings is 2. The summed E-state index contributed by atoms with van der Waals surface area (Å²) >= 11 is 0. The minimum Gasteiger partial charge on any atom is -0.399 e. The summed E-state index contributed by atoms with van der Waals surface area (Å²) < 4.78 is 27.9. The maximum atomic E-state index is 12.6. The molecule has 0 heterocycles. The SMILES string of the molecule is Cc1ccc(N)cc1C(=O)Nc1cccc(S(=O)(=O)NC(C)(C)C)c1C. The van der Waals surface area contributed by atoms with Crippen LogP contribution in [0.3, 0.4) is 0 Å². The Kier molecular flexibility index (Phi) is 5.44. The quantitative estimate of drug-likeness (QED) is 0.714. The molecule has 7 heteroatoms. The van der Waals surface area contributed by atoms with Crippen molar-refractivity contribution < 1.29 is 13.2 Å². The van der Waals surface area contributed by atoms with Crippen molar-refractivity contribution in [2.24, 2.45) is 0 Å². The molecule has 0 aromatic heterocycles. The first-order valence-electron chi connectivity index (χ1n) is 8.22. The predicted molar refractivity (Wildman–Crippen MR) is 105 cm³/mol. The molecule has 2 aromatic rings. The van der Waals surface area contributed by atoms with Gasteiger partial charge in [-0.2, -0.15) is 0 Å². The molecule has 0 radical (unpaired) electrons. The Morgan fingerprint density at radius 3 is 2.35 bits per heavy atom. The standard InChI is InChI=1S/C19H25N3O3S/c1-12-9-10-14(20)11-15(12)18(23)21-16-7-6-8-17(13(16)2)26(24,25)22-19(3,4)5/h6-11,22H,20H2,1-5H3,(H,21,23). The van der Waals surface area contributed by atoms with E-state index in [-0.39, 0.29) is 10.8 Å². The average Bonchev–Trinajstić information content (AvgIpc) is 2.49. The van der Waals surface area contributed by atoms with Gasteiger partial charge in [0.15, 0.2) is 0 Å². The summed E-state index contributed by atoms with van der Waals surface area (Å²) in [6.45, 7) is 8.80. The van der Waals surface area contributed by atoms with Gasteiger partial charge in [-0.3, -0.25) is 4.79 Å². The number of anilines is 2. The molecule has 2 rings (SSSR count). The highest BCUT2D eigenvalue weighted by molar-refractivity contribution is 7.89. The van der Waals surface area contributed by atoms with Crippen LogP contribution in [0.15, 0.2) is 41.3 Å². The number of carbonyl (C=O) groups excluding carboxylic acids is 1. The van der Waals surface area contributed by atoms with Gasteiger partial charge in [-0.15, -0.1) is 0 Å². The van der Waals surface area contributed by atoms with Gasteiger partial charge >= 0.3 is 0 Å². The summed E-state index contributed by atoms with van der Waals surface area (Å²) in [4.78, 5) is 12.7. The summed E-state index contributed by atoms with van der Waals surface area (Å²) in [5, 5.41) is 2.78. The number of carbonyl (C=O) groups is 1. The van der Waals surface area contributed by atoms with E-state index in [0.29, 0.717) is 22.5 Å². The van der Waals surface area contributed by atoms with E-state index in [9.17, 15) is 13.2 Å². The largest absolute Gasteiger partial charge is 0.399 e. The first-order chi connectivity index (χ1) is 11.9. The van der Waals surface area contributed by atoms with Crippen LogP contribution >= 0.6 is 0 Å². The summed E-state index contributed by atoms with van der Waals surface area (Å²) in [5.74, 6) is -0.337. The third kappa shape index (κ3) is 4.62. The fourth-order valence-electron chi connectivity index (χ4n) is 2.57. The van der Waals surface area contributed by atoms with Crippen molar-refractivity contribution in [1.29, 1.82) is 0 Å². The molecule has 0 atom stereocenters. The van der Waals surface area contributed by atoms with E-state index in [4.69, 9.17) is 5.73 Å². The summed E-state index contributed by atoms with van der Waals surface area (Å²) in [6.07, 6.45) is 0. The number of nitrogens with two attached hydrogens (primary N) is 1. The van der Waals surface area contributed by atoms with Gasteiger partial charge in [0, 0.05) is 22.5 Å². The maximum Gasteiger partial charge on any atom is 0.256 e. The second kappa shape index (κ2) is 7.09. The Balaban J connectivity index is 2.38. The Morgan fingerprint density at radius 1 is 1.08 bits per heavy atom. The van der Waals surface area contributed by atoms with Crippen molar-refractivity contribution in [3.8, 4) is 0 Å². The molecule has 6 nitrogen and oxygen atoms in total. The van der Waals surface area contributed by atoms with E-state index < -0.39 is 15.6 Å². The zero-order valence-electron chi connectivity index (χ0n) is 15.7. The number of nitrogens with one attached hydrogen (secondary N) is 2. The third-order valence-corrected chi connectivity index (χ3v) is 5.67. The predicted octanol–water partition coefficient (Wildman–Crippen LogP) is 3.21. The molecule has 1 amide bonds. The highest BCUT2D eigenvalue weighted by Gasteiger charge is 2.24. The van der Waals surface area contributed by atoms with Crippen LogP contribution in [0, 0.1) is 13.8 Å². The van der Waals surface area contributed by atoms with Crippen molar-refractivity contribution in [2.45, 2.75) is 45.1 Å². The van der Waals surface area contributed by atoms with Gasteiger partial charge in [-0.25, -0.2) is 13.1 Å². The Hall–Kier alpha value is -2.38. The molecule has 140 valence electrons. The fraction of sp³-hybridized carbons (Fsp3) is 0.316. The van der Waals surface area contributed by atoms with Crippen LogP contribution in [0.2, 0.25) is 0 Å². The number of sulfonamides is 1. The first-order valence-corrected chi connectivity index (χ1v) is 9.70. The minimum atomic E-state index is -3.71. The van der Waals surface area contributed by atoms with Crippen molar-refractivity contribution in [3.05, 3.63) is 53.1 Å². The molecule has 0 aliphatic rings. The minimum absolute atomic E-state index is 0.134. The van der Waals surface area contributed by atoms with Crippen molar-refractivity contribution in [1.82, 2.24) is 4.72 Å². The van der Waals surface area contributed by atoms with Crippen molar-refractivity contribution in [2.75, 3.05) is 11.1 Å². The van der Waals surface area contributed by atoms with Crippen LogP contribution in [0.5, 0.6) is 0 Å². The van der Waals surface area contributed by atoms with E-state index in [1.165, 1.54) is 6.07 Å². The topological polar surface area (TPSA) is 101 Å². The molecular weight excluding hydrogens is 350 g/mol. The zero-order valence-corrected chi connectivity index (χ0v) is 16.5. The van der Waals surface area contributed by atoms with Crippen LogP contribution < -0.4 is 15.8 Å². The van der Waals surface area contributed by atoms with Gasteiger partial charge in [0.2, 0.25) is 10.0 Å². The second-order valence-electron chi connectivity index (χ2n) is 7.31. The van der Waals surface area contributed by atoms with Crippen LogP contribution in [-0.2, 0) is 10.0 Å². The van der Waals surface area contributed by atoms with Crippen molar-refractivity contribution >= 4 is 27.3 Å². The van der Waals surface area contributed by atoms with Gasteiger partial charge in [0.1, 0.15) is 0 Å². The van der Waals surface area contributed by atoms with Crippen molar-refractivity contribution in [3.63, 3.8) is 0 Å². The number of nitrogen functional groups attached to an aromatic ring is 1. The molecule has 0 saturated carbocycles. The van der Waals surface area contributed by atoms with Crippen LogP contribution in [0.4, 0.5) is 11.4 Å². The van der Waals surface area contributed by atoms with Crippen LogP contribution in [0.1, 0.15) is 42.3 Å². The zero-order chi connectivity index (χ0) is 19.7. The molecular formula is C19H25N3O3S. The van der Waals surface area contributed by atoms with Gasteiger partial charge in [0.05, 0.1) is 4.90 Å². The molecule has 0 spiro atoms. The van der Waals surface area contributed by atoms with E-state index >= 15 is 0 Å². The number of hydrogen-bond acceptors (Lipinski definition) is 4. The molecule has 2 aromatic carbocycles. The van der Waals surface area contributed by atoms with E-state index in [2.05, 4.69) is 10.0 Å². The maximum absolute atomic E-state index is 12.6. The van der Waals surface area contributed by atoms with E-state index in [0.717, 1.165) is 5.56 Å². The molecule has 0 unspecified atom stereocenters. The molecule has 0 saturated heterocycles. The summed E-state index contributed by atoms with van der Waals surface area (Å²) in [6, 6.07) is 9.89. The van der Waals surface area contributed by atoms with E-state index in [1.807, 2.05) is 6.92 Å². The van der Waals surface area contributed by atoms with Gasteiger partial charge in [0.25, 0.3) is 5.91 Å². The Morgan fingerprint density at radius 2 is 1.73 bits per heavy atom. The molecule has 0 fully saturated rings. The number of rotatable bonds is 4. The highest BCUT2D eigenvalue weighted by atomic mass is 32.2. The summed E-state index contributed by atoms with van der Waals surface area (Å²) in [5.41, 5.74) is 7.79. The number of aryl methyl sites for hydroxylation is 1. The summed E-state index contributed by atoms with van der Waals surface area (Å²) in [7, 11) is -3.71. The molecule has 0 aliphatic carbocycles. The van der Waals surface area contributed by atoms with Gasteiger partial charge < -0.3 is 11.1 Å². The van der Waals surface area contributed by atoms with Gasteiger partial charge in [-0.1, -0.05) is 12.1 Å². The number of hydrogen-bond donors (Lipinski definition) is 3. The lowest BCUT2D eigenvalue weighted by Gasteiger charge is -2.22. The monoisotopic (exact) mass is 375 g/mol. The number of amides is 1. The lowest BCUT2D eigenvalue weighted by Crippen LogP contribution is -2.40. The Labute approximate surface area is 154 Å². The highest BCUT2D eigenvalue weighted by Crippen LogP contribution is 2.25. The molecule has 4 N–H and O–H groups in total. The lowest BCUT2D eigenvalue weighted by molar-refractivity contribution is 0.102. The normalized spacial score (nSPS) is 12.0.